The van der Waals surface area contributed by atoms with Crippen LogP contribution in [0.4, 0.5) is 5.69 Å². The van der Waals surface area contributed by atoms with Crippen LogP contribution in [0.25, 0.3) is 17.0 Å². The molecule has 140 valence electrons. The largest absolute Gasteiger partial charge is 0.325 e. The molecule has 0 aliphatic carbocycles. The number of aromatic nitrogens is 4. The summed E-state index contributed by atoms with van der Waals surface area (Å²) in [7, 11) is 0. The van der Waals surface area contributed by atoms with Gasteiger partial charge in [0.1, 0.15) is 5.03 Å². The van der Waals surface area contributed by atoms with E-state index in [1.807, 2.05) is 42.5 Å². The van der Waals surface area contributed by atoms with Crippen LogP contribution < -0.4 is 5.32 Å². The normalized spacial score (nSPS) is 10.9. The first-order chi connectivity index (χ1) is 13.6. The molecule has 2 aromatic heterocycles. The van der Waals surface area contributed by atoms with Crippen molar-refractivity contribution >= 4 is 52.2 Å². The van der Waals surface area contributed by atoms with Crippen molar-refractivity contribution < 1.29 is 4.79 Å². The third-order valence-electron chi connectivity index (χ3n) is 3.82. The number of nitrogens with zero attached hydrogens (tertiary/aromatic N) is 4. The fourth-order valence-electron chi connectivity index (χ4n) is 2.53. The second kappa shape index (κ2) is 8.18. The molecule has 1 N–H and O–H groups in total. The zero-order valence-electron chi connectivity index (χ0n) is 14.3. The lowest BCUT2D eigenvalue weighted by Crippen LogP contribution is -2.14. The summed E-state index contributed by atoms with van der Waals surface area (Å²) >= 11 is 13.2. The summed E-state index contributed by atoms with van der Waals surface area (Å²) in [6.45, 7) is 0. The second-order valence-corrected chi connectivity index (χ2v) is 7.61. The van der Waals surface area contributed by atoms with E-state index >= 15 is 0 Å². The Morgan fingerprint density at radius 2 is 1.82 bits per heavy atom. The number of rotatable bonds is 5. The van der Waals surface area contributed by atoms with Crippen molar-refractivity contribution in [3.05, 3.63) is 70.7 Å². The Morgan fingerprint density at radius 3 is 2.61 bits per heavy atom. The van der Waals surface area contributed by atoms with E-state index in [0.29, 0.717) is 32.2 Å². The monoisotopic (exact) mass is 429 g/mol. The van der Waals surface area contributed by atoms with E-state index in [4.69, 9.17) is 23.2 Å². The molecule has 6 nitrogen and oxygen atoms in total. The first-order valence-corrected chi connectivity index (χ1v) is 10.00. The lowest BCUT2D eigenvalue weighted by atomic mass is 10.2. The van der Waals surface area contributed by atoms with E-state index in [9.17, 15) is 4.79 Å². The van der Waals surface area contributed by atoms with Crippen LogP contribution in [-0.4, -0.2) is 31.5 Å². The van der Waals surface area contributed by atoms with Gasteiger partial charge in [0.05, 0.1) is 15.8 Å². The molecule has 2 aromatic carbocycles. The lowest BCUT2D eigenvalue weighted by molar-refractivity contribution is -0.113. The van der Waals surface area contributed by atoms with Crippen molar-refractivity contribution in [2.45, 2.75) is 5.03 Å². The molecule has 2 heterocycles. The van der Waals surface area contributed by atoms with E-state index in [1.165, 1.54) is 11.8 Å². The summed E-state index contributed by atoms with van der Waals surface area (Å²) in [6, 6.07) is 18.3. The van der Waals surface area contributed by atoms with Gasteiger partial charge in [-0.05, 0) is 30.3 Å². The van der Waals surface area contributed by atoms with Gasteiger partial charge in [-0.25, -0.2) is 0 Å². The van der Waals surface area contributed by atoms with Gasteiger partial charge < -0.3 is 5.32 Å². The maximum Gasteiger partial charge on any atom is 0.234 e. The van der Waals surface area contributed by atoms with Crippen LogP contribution in [0.1, 0.15) is 0 Å². The van der Waals surface area contributed by atoms with Crippen LogP contribution >= 0.6 is 35.0 Å². The highest BCUT2D eigenvalue weighted by atomic mass is 35.5. The summed E-state index contributed by atoms with van der Waals surface area (Å²) in [5, 5.41) is 17.2. The number of benzene rings is 2. The van der Waals surface area contributed by atoms with E-state index in [0.717, 1.165) is 5.56 Å². The number of amides is 1. The Bertz CT molecular complexity index is 1150. The van der Waals surface area contributed by atoms with Gasteiger partial charge >= 0.3 is 0 Å². The Kier molecular flexibility index (Phi) is 5.47. The number of carbonyl (C=O) groups excluding carboxylic acids is 1. The highest BCUT2D eigenvalue weighted by Gasteiger charge is 2.11. The highest BCUT2D eigenvalue weighted by Crippen LogP contribution is 2.25. The molecular weight excluding hydrogens is 417 g/mol. The minimum atomic E-state index is -0.169. The molecule has 0 radical (unpaired) electrons. The third kappa shape index (κ3) is 4.11. The average Bonchev–Trinajstić information content (AvgIpc) is 3.13. The van der Waals surface area contributed by atoms with Gasteiger partial charge in [0.2, 0.25) is 5.91 Å². The zero-order chi connectivity index (χ0) is 19.5. The lowest BCUT2D eigenvalue weighted by Gasteiger charge is -2.06. The van der Waals surface area contributed by atoms with Gasteiger partial charge in [0.25, 0.3) is 0 Å². The number of anilines is 1. The summed E-state index contributed by atoms with van der Waals surface area (Å²) in [5.74, 6) is 0.678. The predicted molar refractivity (Wildman–Crippen MR) is 112 cm³/mol. The summed E-state index contributed by atoms with van der Waals surface area (Å²) < 4.78 is 1.68. The smallest absolute Gasteiger partial charge is 0.234 e. The van der Waals surface area contributed by atoms with E-state index < -0.39 is 0 Å². The van der Waals surface area contributed by atoms with Gasteiger partial charge in [0.15, 0.2) is 11.5 Å². The van der Waals surface area contributed by atoms with Crippen molar-refractivity contribution in [1.29, 1.82) is 0 Å². The second-order valence-electron chi connectivity index (χ2n) is 5.80. The molecular formula is C19H13Cl2N5OS. The van der Waals surface area contributed by atoms with Crippen LogP contribution in [0.15, 0.2) is 65.7 Å². The van der Waals surface area contributed by atoms with E-state index in [2.05, 4.69) is 20.6 Å². The van der Waals surface area contributed by atoms with Crippen molar-refractivity contribution in [3.63, 3.8) is 0 Å². The minimum absolute atomic E-state index is 0.169. The quantitative estimate of drug-likeness (QED) is 0.460. The Morgan fingerprint density at radius 1 is 1.00 bits per heavy atom. The third-order valence-corrected chi connectivity index (χ3v) is 5.48. The fourth-order valence-corrected chi connectivity index (χ4v) is 3.48. The van der Waals surface area contributed by atoms with Crippen LogP contribution in [0, 0.1) is 0 Å². The first kappa shape index (κ1) is 18.7. The van der Waals surface area contributed by atoms with Gasteiger partial charge in [-0.3, -0.25) is 4.79 Å². The number of halogens is 2. The maximum absolute atomic E-state index is 12.2. The molecule has 0 saturated heterocycles. The number of nitrogens with one attached hydrogen (secondary N) is 1. The standard InChI is InChI=1S/C19H13Cl2N5OS/c20-14-7-6-13(10-15(14)21)22-17(27)11-28-18-9-8-16-23-24-19(26(16)25-18)12-4-2-1-3-5-12/h1-10H,11H2,(H,22,27). The van der Waals surface area contributed by atoms with Crippen molar-refractivity contribution in [1.82, 2.24) is 19.8 Å². The van der Waals surface area contributed by atoms with Crippen molar-refractivity contribution in [2.24, 2.45) is 0 Å². The minimum Gasteiger partial charge on any atom is -0.325 e. The number of thioether (sulfide) groups is 1. The topological polar surface area (TPSA) is 72.2 Å². The molecule has 0 atom stereocenters. The van der Waals surface area contributed by atoms with Gasteiger partial charge in [0, 0.05) is 11.3 Å². The molecule has 1 amide bonds. The molecule has 0 bridgehead atoms. The zero-order valence-corrected chi connectivity index (χ0v) is 16.7. The fraction of sp³-hybridized carbons (Fsp3) is 0.0526. The van der Waals surface area contributed by atoms with E-state index in [1.54, 1.807) is 22.7 Å². The molecule has 0 spiro atoms. The molecule has 0 fully saturated rings. The van der Waals surface area contributed by atoms with Crippen LogP contribution in [0.3, 0.4) is 0 Å². The molecule has 28 heavy (non-hydrogen) atoms. The summed E-state index contributed by atoms with van der Waals surface area (Å²) in [4.78, 5) is 12.2. The number of fused-ring (bicyclic) bond motifs is 1. The van der Waals surface area contributed by atoms with Gasteiger partial charge in [-0.2, -0.15) is 9.61 Å². The van der Waals surface area contributed by atoms with Crippen LogP contribution in [-0.2, 0) is 4.79 Å². The average molecular weight is 430 g/mol. The van der Waals surface area contributed by atoms with E-state index in [-0.39, 0.29) is 11.7 Å². The van der Waals surface area contributed by atoms with Crippen molar-refractivity contribution in [3.8, 4) is 11.4 Å². The maximum atomic E-state index is 12.2. The highest BCUT2D eigenvalue weighted by molar-refractivity contribution is 7.99. The molecule has 4 rings (SSSR count). The number of carbonyl (C=O) groups is 1. The molecule has 0 saturated carbocycles. The molecule has 0 aliphatic heterocycles. The van der Waals surface area contributed by atoms with Crippen molar-refractivity contribution in [2.75, 3.05) is 11.1 Å². The number of hydrogen-bond acceptors (Lipinski definition) is 5. The molecule has 0 aliphatic rings. The molecule has 4 aromatic rings. The summed E-state index contributed by atoms with van der Waals surface area (Å²) in [6.07, 6.45) is 0. The summed E-state index contributed by atoms with van der Waals surface area (Å²) in [5.41, 5.74) is 2.15. The predicted octanol–water partition coefficient (Wildman–Crippen LogP) is 4.83. The first-order valence-electron chi connectivity index (χ1n) is 8.26. The molecule has 9 heteroatoms. The SMILES string of the molecule is O=C(CSc1ccc2nnc(-c3ccccc3)n2n1)Nc1ccc(Cl)c(Cl)c1. The molecule has 0 unspecified atom stereocenters. The Labute approximate surface area is 174 Å². The van der Waals surface area contributed by atoms with Crippen LogP contribution in [0.2, 0.25) is 10.0 Å². The Hall–Kier alpha value is -2.61. The van der Waals surface area contributed by atoms with Gasteiger partial charge in [-0.15, -0.1) is 10.2 Å². The van der Waals surface area contributed by atoms with Crippen LogP contribution in [0.5, 0.6) is 0 Å². The van der Waals surface area contributed by atoms with Gasteiger partial charge in [-0.1, -0.05) is 65.3 Å². The Balaban J connectivity index is 1.47. The number of hydrogen-bond donors (Lipinski definition) is 1.